The van der Waals surface area contributed by atoms with Crippen LogP contribution in [0.3, 0.4) is 0 Å². The molecule has 2 atom stereocenters. The van der Waals surface area contributed by atoms with Gasteiger partial charge in [-0.1, -0.05) is 87.9 Å². The van der Waals surface area contributed by atoms with Crippen LogP contribution in [0, 0.1) is 10.8 Å². The number of likely N-dealkylation sites (tertiary alicyclic amines) is 1. The number of nitrogens with zero attached hydrogens (tertiary/aromatic N) is 2. The normalized spacial score (nSPS) is 23.0. The summed E-state index contributed by atoms with van der Waals surface area (Å²) in [5, 5.41) is 12.0. The van der Waals surface area contributed by atoms with E-state index in [1.165, 1.54) is 11.1 Å². The molecule has 0 saturated carbocycles. The van der Waals surface area contributed by atoms with E-state index in [9.17, 15) is 24.3 Å². The molecule has 2 N–H and O–H groups in total. The highest BCUT2D eigenvalue weighted by Gasteiger charge is 2.51. The molecule has 1 aliphatic carbocycles. The van der Waals surface area contributed by atoms with Crippen molar-refractivity contribution < 1.29 is 24.3 Å². The van der Waals surface area contributed by atoms with Crippen LogP contribution in [0.25, 0.3) is 5.57 Å². The first kappa shape index (κ1) is 31.2. The Morgan fingerprint density at radius 3 is 2.20 bits per heavy atom. The molecule has 1 unspecified atom stereocenters. The Hall–Kier alpha value is -4.20. The largest absolute Gasteiger partial charge is 0.478 e. The van der Waals surface area contributed by atoms with Crippen molar-refractivity contribution in [1.82, 2.24) is 15.1 Å². The van der Waals surface area contributed by atoms with Gasteiger partial charge >= 0.3 is 5.97 Å². The highest BCUT2D eigenvalue weighted by Crippen LogP contribution is 2.55. The van der Waals surface area contributed by atoms with Crippen molar-refractivity contribution in [2.24, 2.45) is 10.8 Å². The molecule has 3 aliphatic rings. The fraction of sp³-hybridized carbons (Fsp3) is 0.444. The van der Waals surface area contributed by atoms with E-state index >= 15 is 0 Å². The molecule has 2 aromatic carbocycles. The number of nitrogens with one attached hydrogen (secondary N) is 1. The van der Waals surface area contributed by atoms with Gasteiger partial charge in [0, 0.05) is 37.0 Å². The number of carboxylic acid groups (broad SMARTS) is 1. The van der Waals surface area contributed by atoms with Crippen molar-refractivity contribution in [2.75, 3.05) is 26.2 Å². The third-order valence-corrected chi connectivity index (χ3v) is 10.2. The van der Waals surface area contributed by atoms with Crippen LogP contribution in [-0.2, 0) is 19.8 Å². The van der Waals surface area contributed by atoms with Gasteiger partial charge in [-0.25, -0.2) is 4.79 Å². The van der Waals surface area contributed by atoms with Crippen LogP contribution in [0.2, 0.25) is 0 Å². The van der Waals surface area contributed by atoms with Crippen molar-refractivity contribution in [3.63, 3.8) is 0 Å². The van der Waals surface area contributed by atoms with Gasteiger partial charge in [0.05, 0.1) is 11.0 Å². The van der Waals surface area contributed by atoms with E-state index in [2.05, 4.69) is 38.2 Å². The smallest absolute Gasteiger partial charge is 0.335 e. The van der Waals surface area contributed by atoms with E-state index in [0.717, 1.165) is 17.5 Å². The Bertz CT molecular complexity index is 1490. The van der Waals surface area contributed by atoms with E-state index < -0.39 is 17.4 Å². The minimum absolute atomic E-state index is 0.0993. The number of amides is 3. The molecule has 44 heavy (non-hydrogen) atoms. The predicted molar refractivity (Wildman–Crippen MR) is 170 cm³/mol. The summed E-state index contributed by atoms with van der Waals surface area (Å²) in [6.07, 6.45) is 7.38. The van der Waals surface area contributed by atoms with Crippen LogP contribution >= 0.6 is 0 Å². The molecule has 2 aromatic rings. The average Bonchev–Trinajstić information content (AvgIpc) is 3.03. The van der Waals surface area contributed by atoms with Gasteiger partial charge in [0.1, 0.15) is 6.04 Å². The lowest BCUT2D eigenvalue weighted by atomic mass is 9.58. The lowest BCUT2D eigenvalue weighted by Gasteiger charge is -2.52. The monoisotopic (exact) mass is 597 g/mol. The molecular formula is C36H43N3O5. The molecule has 0 spiro atoms. The quantitative estimate of drug-likeness (QED) is 0.327. The second kappa shape index (κ2) is 12.1. The van der Waals surface area contributed by atoms with Gasteiger partial charge < -0.3 is 20.2 Å². The summed E-state index contributed by atoms with van der Waals surface area (Å²) < 4.78 is 0. The lowest BCUT2D eigenvalue weighted by Crippen LogP contribution is -2.58. The number of rotatable bonds is 8. The van der Waals surface area contributed by atoms with Gasteiger partial charge in [-0.2, -0.15) is 0 Å². The SMILES string of the molecule is CCC(NC=O)C(=O)N1CCC(C(=O)N2CC=C3C(C)(C)C(c4ccc(C(=O)O)cc4)=CC[C@]3(C)C2)(c2ccccc2)CC1. The van der Waals surface area contributed by atoms with Gasteiger partial charge in [-0.05, 0) is 54.5 Å². The summed E-state index contributed by atoms with van der Waals surface area (Å²) in [5.41, 5.74) is 3.46. The first-order valence-corrected chi connectivity index (χ1v) is 15.6. The standard InChI is InChI=1S/C36H43N3O5/c1-5-29(37-24-40)31(41)38-21-18-36(19-22-38,27-9-7-6-8-10-27)33(44)39-20-16-30-34(2,3)28(15-17-35(30,4)23-39)25-11-13-26(14-12-25)32(42)43/h6-16,24,29H,5,17-23H2,1-4H3,(H,37,40)(H,42,43)/t29?,35-/m1/s1. The van der Waals surface area contributed by atoms with Crippen molar-refractivity contribution in [3.05, 3.63) is 89.0 Å². The van der Waals surface area contributed by atoms with Crippen molar-refractivity contribution in [1.29, 1.82) is 0 Å². The van der Waals surface area contributed by atoms with E-state index in [-0.39, 0.29) is 28.2 Å². The molecule has 8 nitrogen and oxygen atoms in total. The van der Waals surface area contributed by atoms with Gasteiger partial charge in [-0.15, -0.1) is 0 Å². The Morgan fingerprint density at radius 1 is 0.955 bits per heavy atom. The van der Waals surface area contributed by atoms with E-state index in [1.807, 2.05) is 54.3 Å². The summed E-state index contributed by atoms with van der Waals surface area (Å²) in [4.78, 5) is 54.0. The van der Waals surface area contributed by atoms with Crippen LogP contribution in [-0.4, -0.2) is 71.3 Å². The Kier molecular flexibility index (Phi) is 8.56. The Morgan fingerprint density at radius 2 is 1.61 bits per heavy atom. The number of hydrogen-bond acceptors (Lipinski definition) is 4. The molecule has 2 aliphatic heterocycles. The Balaban J connectivity index is 1.40. The average molecular weight is 598 g/mol. The lowest BCUT2D eigenvalue weighted by molar-refractivity contribution is -0.144. The fourth-order valence-electron chi connectivity index (χ4n) is 7.82. The first-order valence-electron chi connectivity index (χ1n) is 15.6. The third kappa shape index (κ3) is 5.46. The highest BCUT2D eigenvalue weighted by molar-refractivity contribution is 5.91. The second-order valence-corrected chi connectivity index (χ2v) is 13.2. The summed E-state index contributed by atoms with van der Waals surface area (Å²) in [7, 11) is 0. The number of piperidine rings is 1. The maximum absolute atomic E-state index is 14.7. The number of allylic oxidation sites excluding steroid dienone is 2. The number of carboxylic acids is 1. The van der Waals surface area contributed by atoms with Gasteiger partial charge in [0.25, 0.3) is 0 Å². The van der Waals surface area contributed by atoms with Crippen LogP contribution < -0.4 is 5.32 Å². The number of carbonyl (C=O) groups excluding carboxylic acids is 3. The minimum Gasteiger partial charge on any atom is -0.478 e. The van der Waals surface area contributed by atoms with Crippen molar-refractivity contribution in [2.45, 2.75) is 64.8 Å². The second-order valence-electron chi connectivity index (χ2n) is 13.2. The summed E-state index contributed by atoms with van der Waals surface area (Å²) in [6.45, 7) is 10.5. The molecule has 1 fully saturated rings. The van der Waals surface area contributed by atoms with E-state index in [4.69, 9.17) is 0 Å². The molecule has 0 radical (unpaired) electrons. The molecule has 5 rings (SSSR count). The van der Waals surface area contributed by atoms with Crippen LogP contribution in [0.1, 0.15) is 74.9 Å². The topological polar surface area (TPSA) is 107 Å². The maximum Gasteiger partial charge on any atom is 0.335 e. The molecule has 3 amide bonds. The zero-order chi connectivity index (χ0) is 31.7. The van der Waals surface area contributed by atoms with E-state index in [0.29, 0.717) is 51.9 Å². The number of fused-ring (bicyclic) bond motifs is 1. The number of carbonyl (C=O) groups is 4. The van der Waals surface area contributed by atoms with Crippen LogP contribution in [0.15, 0.2) is 72.3 Å². The molecule has 0 bridgehead atoms. The highest BCUT2D eigenvalue weighted by atomic mass is 16.4. The number of hydrogen-bond donors (Lipinski definition) is 2. The molecule has 8 heteroatoms. The van der Waals surface area contributed by atoms with Crippen molar-refractivity contribution in [3.8, 4) is 0 Å². The number of benzene rings is 2. The summed E-state index contributed by atoms with van der Waals surface area (Å²) >= 11 is 0. The van der Waals surface area contributed by atoms with Gasteiger partial charge in [0.2, 0.25) is 18.2 Å². The van der Waals surface area contributed by atoms with Crippen LogP contribution in [0.4, 0.5) is 0 Å². The molecular weight excluding hydrogens is 554 g/mol. The first-order chi connectivity index (χ1) is 21.0. The molecule has 2 heterocycles. The maximum atomic E-state index is 14.7. The zero-order valence-electron chi connectivity index (χ0n) is 26.1. The minimum atomic E-state index is -0.939. The number of aromatic carboxylic acids is 1. The van der Waals surface area contributed by atoms with Crippen molar-refractivity contribution >= 4 is 29.8 Å². The zero-order valence-corrected chi connectivity index (χ0v) is 26.1. The summed E-state index contributed by atoms with van der Waals surface area (Å²) in [5.74, 6) is -0.940. The third-order valence-electron chi connectivity index (χ3n) is 10.2. The molecule has 1 saturated heterocycles. The predicted octanol–water partition coefficient (Wildman–Crippen LogP) is 5.06. The van der Waals surface area contributed by atoms with Gasteiger partial charge in [0.15, 0.2) is 0 Å². The Labute approximate surface area is 259 Å². The summed E-state index contributed by atoms with van der Waals surface area (Å²) in [6, 6.07) is 16.5. The fourth-order valence-corrected chi connectivity index (χ4v) is 7.82. The van der Waals surface area contributed by atoms with E-state index in [1.54, 1.807) is 17.0 Å². The van der Waals surface area contributed by atoms with Gasteiger partial charge in [-0.3, -0.25) is 14.4 Å². The van der Waals surface area contributed by atoms with Crippen LogP contribution in [0.5, 0.6) is 0 Å². The molecule has 0 aromatic heterocycles. The molecule has 232 valence electrons.